The van der Waals surface area contributed by atoms with Gasteiger partial charge in [-0.3, -0.25) is 9.59 Å². The highest BCUT2D eigenvalue weighted by atomic mass is 16.2. The monoisotopic (exact) mass is 310 g/mol. The number of aryl methyl sites for hydroxylation is 2. The Morgan fingerprint density at radius 3 is 2.30 bits per heavy atom. The van der Waals surface area contributed by atoms with Gasteiger partial charge in [0.15, 0.2) is 0 Å². The number of benzene rings is 2. The molecule has 0 bridgehead atoms. The van der Waals surface area contributed by atoms with Crippen molar-refractivity contribution in [2.45, 2.75) is 27.2 Å². The van der Waals surface area contributed by atoms with Crippen LogP contribution in [0.4, 0.5) is 5.69 Å². The molecule has 0 aliphatic carbocycles. The van der Waals surface area contributed by atoms with Crippen molar-refractivity contribution in [2.24, 2.45) is 0 Å². The van der Waals surface area contributed by atoms with Crippen LogP contribution < -0.4 is 10.6 Å². The smallest absolute Gasteiger partial charge is 0.243 e. The summed E-state index contributed by atoms with van der Waals surface area (Å²) in [5.74, 6) is -0.382. The van der Waals surface area contributed by atoms with Crippen LogP contribution in [0.15, 0.2) is 42.5 Å². The number of carbonyl (C=O) groups excluding carboxylic acids is 2. The molecule has 0 saturated heterocycles. The highest BCUT2D eigenvalue weighted by molar-refractivity contribution is 5.95. The fourth-order valence-electron chi connectivity index (χ4n) is 2.30. The lowest BCUT2D eigenvalue weighted by Gasteiger charge is -2.11. The Bertz CT molecular complexity index is 723. The second-order valence-corrected chi connectivity index (χ2v) is 5.68. The third-order valence-electron chi connectivity index (χ3n) is 3.94. The van der Waals surface area contributed by atoms with Gasteiger partial charge in [-0.25, -0.2) is 0 Å². The van der Waals surface area contributed by atoms with E-state index < -0.39 is 0 Å². The Morgan fingerprint density at radius 1 is 0.870 bits per heavy atom. The molecule has 0 heterocycles. The molecule has 0 aliphatic rings. The fraction of sp³-hybridized carbons (Fsp3) is 0.263. The first-order valence-corrected chi connectivity index (χ1v) is 7.64. The van der Waals surface area contributed by atoms with Crippen LogP contribution in [0.2, 0.25) is 0 Å². The van der Waals surface area contributed by atoms with Gasteiger partial charge in [0.1, 0.15) is 0 Å². The largest absolute Gasteiger partial charge is 0.347 e. The minimum absolute atomic E-state index is 0.0297. The topological polar surface area (TPSA) is 58.2 Å². The predicted octanol–water partition coefficient (Wildman–Crippen LogP) is 2.91. The molecule has 0 fully saturated rings. The average Bonchev–Trinajstić information content (AvgIpc) is 2.52. The molecule has 2 rings (SSSR count). The lowest BCUT2D eigenvalue weighted by molar-refractivity contribution is -0.123. The van der Waals surface area contributed by atoms with Crippen LogP contribution >= 0.6 is 0 Å². The third-order valence-corrected chi connectivity index (χ3v) is 3.94. The lowest BCUT2D eigenvalue weighted by atomic mass is 10.1. The molecule has 0 aromatic heterocycles. The number of amides is 2. The van der Waals surface area contributed by atoms with Gasteiger partial charge in [0.05, 0.1) is 13.0 Å². The zero-order valence-corrected chi connectivity index (χ0v) is 13.8. The second-order valence-electron chi connectivity index (χ2n) is 5.68. The van der Waals surface area contributed by atoms with Gasteiger partial charge in [-0.15, -0.1) is 0 Å². The SMILES string of the molecule is Cc1ccccc1CC(=O)NCC(=O)Nc1cccc(C)c1C. The van der Waals surface area contributed by atoms with E-state index in [1.54, 1.807) is 0 Å². The maximum absolute atomic E-state index is 12.0. The zero-order chi connectivity index (χ0) is 16.8. The first-order chi connectivity index (χ1) is 11.0. The normalized spacial score (nSPS) is 10.2. The number of rotatable bonds is 5. The van der Waals surface area contributed by atoms with Gasteiger partial charge in [-0.1, -0.05) is 36.4 Å². The number of hydrogen-bond acceptors (Lipinski definition) is 2. The summed E-state index contributed by atoms with van der Waals surface area (Å²) in [4.78, 5) is 23.9. The molecular weight excluding hydrogens is 288 g/mol. The maximum Gasteiger partial charge on any atom is 0.243 e. The molecule has 0 aliphatic heterocycles. The number of nitrogens with one attached hydrogen (secondary N) is 2. The molecule has 0 radical (unpaired) electrons. The van der Waals surface area contributed by atoms with Gasteiger partial charge in [0.25, 0.3) is 0 Å². The summed E-state index contributed by atoms with van der Waals surface area (Å²) in [6.07, 6.45) is 0.281. The van der Waals surface area contributed by atoms with Crippen LogP contribution in [0.5, 0.6) is 0 Å². The lowest BCUT2D eigenvalue weighted by Crippen LogP contribution is -2.34. The summed E-state index contributed by atoms with van der Waals surface area (Å²) in [6, 6.07) is 13.5. The summed E-state index contributed by atoms with van der Waals surface area (Å²) in [7, 11) is 0. The first-order valence-electron chi connectivity index (χ1n) is 7.64. The van der Waals surface area contributed by atoms with Crippen LogP contribution in [-0.2, 0) is 16.0 Å². The Hall–Kier alpha value is -2.62. The summed E-state index contributed by atoms with van der Waals surface area (Å²) >= 11 is 0. The van der Waals surface area contributed by atoms with E-state index in [1.807, 2.05) is 63.2 Å². The fourth-order valence-corrected chi connectivity index (χ4v) is 2.30. The van der Waals surface area contributed by atoms with Crippen LogP contribution in [0.1, 0.15) is 22.3 Å². The number of hydrogen-bond donors (Lipinski definition) is 2. The first kappa shape index (κ1) is 16.7. The van der Waals surface area contributed by atoms with Gasteiger partial charge in [-0.05, 0) is 49.1 Å². The van der Waals surface area contributed by atoms with Gasteiger partial charge >= 0.3 is 0 Å². The number of anilines is 1. The zero-order valence-electron chi connectivity index (χ0n) is 13.8. The van der Waals surface area contributed by atoms with Crippen LogP contribution in [0.25, 0.3) is 0 Å². The minimum atomic E-state index is -0.225. The molecule has 4 nitrogen and oxygen atoms in total. The highest BCUT2D eigenvalue weighted by Crippen LogP contribution is 2.17. The molecule has 2 N–H and O–H groups in total. The molecule has 120 valence electrons. The average molecular weight is 310 g/mol. The molecule has 2 aromatic rings. The molecule has 0 atom stereocenters. The molecular formula is C19H22N2O2. The summed E-state index contributed by atoms with van der Waals surface area (Å²) in [5, 5.41) is 5.49. The summed E-state index contributed by atoms with van der Waals surface area (Å²) in [5.41, 5.74) is 4.98. The van der Waals surface area contributed by atoms with Gasteiger partial charge in [0, 0.05) is 5.69 Å². The van der Waals surface area contributed by atoms with Crippen molar-refractivity contribution in [1.82, 2.24) is 5.32 Å². The Morgan fingerprint density at radius 2 is 1.57 bits per heavy atom. The van der Waals surface area contributed by atoms with Crippen molar-refractivity contribution in [3.8, 4) is 0 Å². The van der Waals surface area contributed by atoms with Gasteiger partial charge in [-0.2, -0.15) is 0 Å². The van der Waals surface area contributed by atoms with Crippen molar-refractivity contribution in [1.29, 1.82) is 0 Å². The van der Waals surface area contributed by atoms with Crippen molar-refractivity contribution in [3.63, 3.8) is 0 Å². The summed E-state index contributed by atoms with van der Waals surface area (Å²) < 4.78 is 0. The van der Waals surface area contributed by atoms with E-state index in [0.29, 0.717) is 0 Å². The molecule has 23 heavy (non-hydrogen) atoms. The summed E-state index contributed by atoms with van der Waals surface area (Å²) in [6.45, 7) is 5.89. The quantitative estimate of drug-likeness (QED) is 0.892. The van der Waals surface area contributed by atoms with E-state index in [4.69, 9.17) is 0 Å². The van der Waals surface area contributed by atoms with Crippen molar-refractivity contribution < 1.29 is 9.59 Å². The van der Waals surface area contributed by atoms with E-state index in [2.05, 4.69) is 10.6 Å². The standard InChI is InChI=1S/C19H22N2O2/c1-13-8-6-10-17(15(13)3)21-19(23)12-20-18(22)11-16-9-5-4-7-14(16)2/h4-10H,11-12H2,1-3H3,(H,20,22)(H,21,23). The van der Waals surface area contributed by atoms with Crippen LogP contribution in [-0.4, -0.2) is 18.4 Å². The highest BCUT2D eigenvalue weighted by Gasteiger charge is 2.09. The molecule has 2 amide bonds. The van der Waals surface area contributed by atoms with E-state index >= 15 is 0 Å². The maximum atomic E-state index is 12.0. The minimum Gasteiger partial charge on any atom is -0.347 e. The molecule has 0 unspecified atom stereocenters. The second kappa shape index (κ2) is 7.58. The number of carbonyl (C=O) groups is 2. The van der Waals surface area contributed by atoms with Gasteiger partial charge in [0.2, 0.25) is 11.8 Å². The molecule has 2 aromatic carbocycles. The van der Waals surface area contributed by atoms with Crippen molar-refractivity contribution in [3.05, 3.63) is 64.7 Å². The van der Waals surface area contributed by atoms with Gasteiger partial charge < -0.3 is 10.6 Å². The van der Waals surface area contributed by atoms with Crippen LogP contribution in [0.3, 0.4) is 0 Å². The van der Waals surface area contributed by atoms with Crippen molar-refractivity contribution >= 4 is 17.5 Å². The predicted molar refractivity (Wildman–Crippen MR) is 92.4 cm³/mol. The Labute approximate surface area is 136 Å². The molecule has 4 heteroatoms. The van der Waals surface area contributed by atoms with E-state index in [0.717, 1.165) is 27.9 Å². The Kier molecular flexibility index (Phi) is 5.52. The Balaban J connectivity index is 1.86. The van der Waals surface area contributed by atoms with E-state index in [-0.39, 0.29) is 24.8 Å². The van der Waals surface area contributed by atoms with Crippen molar-refractivity contribution in [2.75, 3.05) is 11.9 Å². The van der Waals surface area contributed by atoms with E-state index in [1.165, 1.54) is 0 Å². The third kappa shape index (κ3) is 4.68. The van der Waals surface area contributed by atoms with E-state index in [9.17, 15) is 9.59 Å². The van der Waals surface area contributed by atoms with Crippen LogP contribution in [0, 0.1) is 20.8 Å². The molecule has 0 saturated carbocycles. The molecule has 0 spiro atoms.